The highest BCUT2D eigenvalue weighted by molar-refractivity contribution is 6.20. The molecule has 15 heavy (non-hydrogen) atoms. The summed E-state index contributed by atoms with van der Waals surface area (Å²) < 4.78 is 36.1. The van der Waals surface area contributed by atoms with E-state index in [1.807, 2.05) is 0 Å². The van der Waals surface area contributed by atoms with Gasteiger partial charge in [0.2, 0.25) is 0 Å². The van der Waals surface area contributed by atoms with Crippen LogP contribution in [0.2, 0.25) is 0 Å². The summed E-state index contributed by atoms with van der Waals surface area (Å²) in [6.07, 6.45) is -4.04. The zero-order chi connectivity index (χ0) is 11.6. The molecule has 0 saturated heterocycles. The van der Waals surface area contributed by atoms with E-state index in [0.717, 1.165) is 0 Å². The van der Waals surface area contributed by atoms with Gasteiger partial charge in [-0.1, -0.05) is 0 Å². The van der Waals surface area contributed by atoms with Gasteiger partial charge in [0.15, 0.2) is 0 Å². The Kier molecular flexibility index (Phi) is 3.54. The lowest BCUT2D eigenvalue weighted by atomic mass is 10.2. The molecule has 1 aromatic heterocycles. The van der Waals surface area contributed by atoms with Crippen LogP contribution in [0.15, 0.2) is 6.20 Å². The second-order valence-corrected chi connectivity index (χ2v) is 3.89. The van der Waals surface area contributed by atoms with E-state index in [9.17, 15) is 13.2 Å². The smallest absolute Gasteiger partial charge is 0.241 e. The molecule has 0 spiro atoms. The Morgan fingerprint density at radius 3 is 2.47 bits per heavy atom. The van der Waals surface area contributed by atoms with Gasteiger partial charge < -0.3 is 0 Å². The van der Waals surface area contributed by atoms with Gasteiger partial charge >= 0.3 is 6.18 Å². The van der Waals surface area contributed by atoms with Crippen molar-refractivity contribution in [2.24, 2.45) is 0 Å². The van der Waals surface area contributed by atoms with Crippen LogP contribution in [0.3, 0.4) is 0 Å². The minimum Gasteiger partial charge on any atom is -0.241 e. The van der Waals surface area contributed by atoms with E-state index in [1.54, 1.807) is 13.8 Å². The predicted molar refractivity (Wildman–Crippen MR) is 50.8 cm³/mol. The number of halogens is 4. The molecular formula is C9H10ClF3N2. The predicted octanol–water partition coefficient (Wildman–Crippen LogP) is 3.19. The van der Waals surface area contributed by atoms with Gasteiger partial charge in [-0.05, 0) is 13.8 Å². The van der Waals surface area contributed by atoms with Crippen LogP contribution in [-0.2, 0) is 6.42 Å². The van der Waals surface area contributed by atoms with Crippen molar-refractivity contribution in [1.29, 1.82) is 0 Å². The molecule has 0 aliphatic rings. The summed E-state index contributed by atoms with van der Waals surface area (Å²) in [6.45, 7) is 3.34. The highest BCUT2D eigenvalue weighted by Gasteiger charge is 2.29. The minimum absolute atomic E-state index is 0.221. The summed E-state index contributed by atoms with van der Waals surface area (Å²) in [7, 11) is 0. The highest BCUT2D eigenvalue weighted by atomic mass is 35.5. The standard InChI is InChI=1S/C9H10ClF3N2/c1-5(10)7-4-14-8(15-6(7)2)3-9(11,12)13/h4-5H,3H2,1-2H3. The van der Waals surface area contributed by atoms with Crippen molar-refractivity contribution in [3.05, 3.63) is 23.3 Å². The molecule has 0 aromatic carbocycles. The van der Waals surface area contributed by atoms with Gasteiger partial charge in [0.25, 0.3) is 0 Å². The van der Waals surface area contributed by atoms with Gasteiger partial charge in [-0.25, -0.2) is 9.97 Å². The van der Waals surface area contributed by atoms with Crippen LogP contribution in [0.1, 0.15) is 29.4 Å². The first-order chi connectivity index (χ1) is 6.79. The molecule has 0 aliphatic heterocycles. The molecule has 0 N–H and O–H groups in total. The summed E-state index contributed by atoms with van der Waals surface area (Å²) in [6, 6.07) is 0. The second kappa shape index (κ2) is 4.35. The molecule has 1 heterocycles. The van der Waals surface area contributed by atoms with Crippen molar-refractivity contribution in [2.75, 3.05) is 0 Å². The number of alkyl halides is 4. The summed E-state index contributed by atoms with van der Waals surface area (Å²) in [5.41, 5.74) is 1.15. The monoisotopic (exact) mass is 238 g/mol. The molecule has 1 atom stereocenters. The third-order valence-corrected chi connectivity index (χ3v) is 2.09. The van der Waals surface area contributed by atoms with Crippen LogP contribution < -0.4 is 0 Å². The maximum atomic E-state index is 12.0. The Morgan fingerprint density at radius 1 is 1.47 bits per heavy atom. The van der Waals surface area contributed by atoms with E-state index >= 15 is 0 Å². The largest absolute Gasteiger partial charge is 0.396 e. The molecule has 0 radical (unpaired) electrons. The van der Waals surface area contributed by atoms with Crippen LogP contribution in [0.4, 0.5) is 13.2 Å². The molecule has 0 amide bonds. The first-order valence-corrected chi connectivity index (χ1v) is 4.76. The zero-order valence-corrected chi connectivity index (χ0v) is 9.02. The van der Waals surface area contributed by atoms with Crippen molar-refractivity contribution in [3.8, 4) is 0 Å². The summed E-state index contributed by atoms with van der Waals surface area (Å²) in [5, 5.41) is -0.301. The fourth-order valence-corrected chi connectivity index (χ4v) is 1.39. The molecule has 6 heteroatoms. The average molecular weight is 239 g/mol. The Bertz CT molecular complexity index is 350. The normalized spacial score (nSPS) is 14.0. The van der Waals surface area contributed by atoms with Gasteiger partial charge in [-0.15, -0.1) is 11.6 Å². The molecule has 0 aliphatic carbocycles. The van der Waals surface area contributed by atoms with Crippen LogP contribution in [0.5, 0.6) is 0 Å². The van der Waals surface area contributed by atoms with E-state index in [2.05, 4.69) is 9.97 Å². The molecule has 1 aromatic rings. The lowest BCUT2D eigenvalue weighted by molar-refractivity contribution is -0.128. The molecule has 84 valence electrons. The van der Waals surface area contributed by atoms with Gasteiger partial charge in [-0.2, -0.15) is 13.2 Å². The maximum Gasteiger partial charge on any atom is 0.396 e. The van der Waals surface area contributed by atoms with Gasteiger partial charge in [0.05, 0.1) is 5.38 Å². The van der Waals surface area contributed by atoms with Gasteiger partial charge in [-0.3, -0.25) is 0 Å². The van der Waals surface area contributed by atoms with Gasteiger partial charge in [0, 0.05) is 17.5 Å². The zero-order valence-electron chi connectivity index (χ0n) is 8.27. The Balaban J connectivity index is 2.92. The number of hydrogen-bond acceptors (Lipinski definition) is 2. The topological polar surface area (TPSA) is 25.8 Å². The summed E-state index contributed by atoms with van der Waals surface area (Å²) >= 11 is 5.79. The number of rotatable bonds is 2. The van der Waals surface area contributed by atoms with E-state index in [-0.39, 0.29) is 11.2 Å². The molecule has 0 bridgehead atoms. The highest BCUT2D eigenvalue weighted by Crippen LogP contribution is 2.23. The molecule has 0 fully saturated rings. The molecule has 0 saturated carbocycles. The Labute approximate surface area is 90.5 Å². The Morgan fingerprint density at radius 2 is 2.07 bits per heavy atom. The fourth-order valence-electron chi connectivity index (χ4n) is 1.18. The molecular weight excluding hydrogens is 229 g/mol. The lowest BCUT2D eigenvalue weighted by Crippen LogP contribution is -2.15. The van der Waals surface area contributed by atoms with E-state index < -0.39 is 12.6 Å². The van der Waals surface area contributed by atoms with Gasteiger partial charge in [0.1, 0.15) is 12.2 Å². The molecule has 1 rings (SSSR count). The van der Waals surface area contributed by atoms with Crippen LogP contribution in [-0.4, -0.2) is 16.1 Å². The average Bonchev–Trinajstić information content (AvgIpc) is 1.99. The lowest BCUT2D eigenvalue weighted by Gasteiger charge is -2.09. The fraction of sp³-hybridized carbons (Fsp3) is 0.556. The van der Waals surface area contributed by atoms with E-state index in [1.165, 1.54) is 6.20 Å². The second-order valence-electron chi connectivity index (χ2n) is 3.23. The van der Waals surface area contributed by atoms with E-state index in [4.69, 9.17) is 11.6 Å². The van der Waals surface area contributed by atoms with E-state index in [0.29, 0.717) is 11.3 Å². The number of aromatic nitrogens is 2. The van der Waals surface area contributed by atoms with Crippen LogP contribution in [0, 0.1) is 6.92 Å². The first-order valence-electron chi connectivity index (χ1n) is 4.33. The number of aryl methyl sites for hydroxylation is 1. The van der Waals surface area contributed by atoms with Crippen LogP contribution in [0.25, 0.3) is 0 Å². The molecule has 2 nitrogen and oxygen atoms in total. The third-order valence-electron chi connectivity index (χ3n) is 1.85. The van der Waals surface area contributed by atoms with Crippen molar-refractivity contribution in [3.63, 3.8) is 0 Å². The first kappa shape index (κ1) is 12.2. The Hall–Kier alpha value is -0.840. The number of nitrogens with zero attached hydrogens (tertiary/aromatic N) is 2. The van der Waals surface area contributed by atoms with Crippen molar-refractivity contribution in [2.45, 2.75) is 31.8 Å². The summed E-state index contributed by atoms with van der Waals surface area (Å²) in [4.78, 5) is 7.39. The minimum atomic E-state index is -4.28. The third kappa shape index (κ3) is 3.66. The van der Waals surface area contributed by atoms with Crippen molar-refractivity contribution in [1.82, 2.24) is 9.97 Å². The summed E-state index contributed by atoms with van der Waals surface area (Å²) in [5.74, 6) is -0.221. The number of hydrogen-bond donors (Lipinski definition) is 0. The quantitative estimate of drug-likeness (QED) is 0.740. The van der Waals surface area contributed by atoms with Crippen LogP contribution >= 0.6 is 11.6 Å². The molecule has 1 unspecified atom stereocenters. The van der Waals surface area contributed by atoms with Crippen molar-refractivity contribution >= 4 is 11.6 Å². The maximum absolute atomic E-state index is 12.0. The SMILES string of the molecule is Cc1nc(CC(F)(F)F)ncc1C(C)Cl. The van der Waals surface area contributed by atoms with Crippen molar-refractivity contribution < 1.29 is 13.2 Å².